The van der Waals surface area contributed by atoms with Crippen LogP contribution in [0.1, 0.15) is 29.8 Å². The molecule has 0 bridgehead atoms. The highest BCUT2D eigenvalue weighted by Crippen LogP contribution is 2.18. The van der Waals surface area contributed by atoms with Gasteiger partial charge in [-0.05, 0) is 52.4 Å². The number of para-hydroxylation sites is 1. The maximum atomic E-state index is 4.73. The zero-order chi connectivity index (χ0) is 15.5. The van der Waals surface area contributed by atoms with Crippen molar-refractivity contribution in [3.63, 3.8) is 0 Å². The van der Waals surface area contributed by atoms with Crippen LogP contribution in [0.2, 0.25) is 0 Å². The summed E-state index contributed by atoms with van der Waals surface area (Å²) in [4.78, 5) is 2.41. The average Bonchev–Trinajstić information content (AvgIpc) is 2.81. The first kappa shape index (κ1) is 15.3. The van der Waals surface area contributed by atoms with Gasteiger partial charge in [0, 0.05) is 30.4 Å². The average molecular weight is 298 g/mol. The molecule has 1 aliphatic rings. The molecule has 3 rings (SSSR count). The molecule has 2 heterocycles. The molecule has 0 aliphatic carbocycles. The SMILES string of the molecule is Cc1nn(-c2ccccc2)c(C)c1CN[C@@H]1CCCN(C)C1. The summed E-state index contributed by atoms with van der Waals surface area (Å²) in [7, 11) is 2.21. The smallest absolute Gasteiger partial charge is 0.0648 e. The van der Waals surface area contributed by atoms with E-state index in [1.54, 1.807) is 0 Å². The topological polar surface area (TPSA) is 33.1 Å². The Hall–Kier alpha value is -1.65. The number of hydrogen-bond acceptors (Lipinski definition) is 3. The maximum absolute atomic E-state index is 4.73. The van der Waals surface area contributed by atoms with Crippen LogP contribution in [-0.4, -0.2) is 40.9 Å². The van der Waals surface area contributed by atoms with Gasteiger partial charge >= 0.3 is 0 Å². The predicted octanol–water partition coefficient (Wildman–Crippen LogP) is 2.67. The second-order valence-electron chi connectivity index (χ2n) is 6.38. The molecule has 0 radical (unpaired) electrons. The Labute approximate surface area is 133 Å². The van der Waals surface area contributed by atoms with Crippen LogP contribution < -0.4 is 5.32 Å². The summed E-state index contributed by atoms with van der Waals surface area (Å²) in [5.74, 6) is 0. The summed E-state index contributed by atoms with van der Waals surface area (Å²) in [6.45, 7) is 7.55. The normalized spacial score (nSPS) is 19.5. The molecule has 4 heteroatoms. The lowest BCUT2D eigenvalue weighted by molar-refractivity contribution is 0.226. The van der Waals surface area contributed by atoms with Gasteiger partial charge < -0.3 is 10.2 Å². The first-order valence-corrected chi connectivity index (χ1v) is 8.17. The number of likely N-dealkylation sites (tertiary alicyclic amines) is 1. The van der Waals surface area contributed by atoms with Gasteiger partial charge in [0.25, 0.3) is 0 Å². The molecule has 1 atom stereocenters. The van der Waals surface area contributed by atoms with Crippen LogP contribution >= 0.6 is 0 Å². The van der Waals surface area contributed by atoms with E-state index in [1.807, 2.05) is 6.07 Å². The summed E-state index contributed by atoms with van der Waals surface area (Å²) >= 11 is 0. The molecule has 0 spiro atoms. The van der Waals surface area contributed by atoms with Crippen molar-refractivity contribution in [2.45, 2.75) is 39.3 Å². The van der Waals surface area contributed by atoms with Crippen molar-refractivity contribution in [3.8, 4) is 5.69 Å². The molecule has 1 N–H and O–H groups in total. The monoisotopic (exact) mass is 298 g/mol. The first-order chi connectivity index (χ1) is 10.6. The minimum Gasteiger partial charge on any atom is -0.309 e. The van der Waals surface area contributed by atoms with Gasteiger partial charge in [0.2, 0.25) is 0 Å². The minimum absolute atomic E-state index is 0.595. The molecular weight excluding hydrogens is 272 g/mol. The largest absolute Gasteiger partial charge is 0.309 e. The Balaban J connectivity index is 1.73. The van der Waals surface area contributed by atoms with Crippen molar-refractivity contribution < 1.29 is 0 Å². The van der Waals surface area contributed by atoms with Crippen LogP contribution in [0.15, 0.2) is 30.3 Å². The highest BCUT2D eigenvalue weighted by Gasteiger charge is 2.18. The minimum atomic E-state index is 0.595. The third-order valence-corrected chi connectivity index (χ3v) is 4.63. The van der Waals surface area contributed by atoms with Gasteiger partial charge in [-0.3, -0.25) is 0 Å². The van der Waals surface area contributed by atoms with Gasteiger partial charge in [-0.25, -0.2) is 4.68 Å². The molecule has 4 nitrogen and oxygen atoms in total. The molecule has 2 aromatic rings. The fourth-order valence-corrected chi connectivity index (χ4v) is 3.33. The molecule has 1 aliphatic heterocycles. The van der Waals surface area contributed by atoms with E-state index in [1.165, 1.54) is 30.6 Å². The molecule has 1 aromatic heterocycles. The molecule has 1 aromatic carbocycles. The lowest BCUT2D eigenvalue weighted by atomic mass is 10.1. The molecule has 0 unspecified atom stereocenters. The number of nitrogens with zero attached hydrogens (tertiary/aromatic N) is 3. The summed E-state index contributed by atoms with van der Waals surface area (Å²) in [6.07, 6.45) is 2.56. The van der Waals surface area contributed by atoms with Crippen LogP contribution in [0.5, 0.6) is 0 Å². The standard InChI is InChI=1S/C18H26N4/c1-14-18(12-19-16-8-7-11-21(3)13-16)15(2)22(20-14)17-9-5-4-6-10-17/h4-6,9-10,16,19H,7-8,11-13H2,1-3H3/t16-/m1/s1. The van der Waals surface area contributed by atoms with Crippen molar-refractivity contribution in [3.05, 3.63) is 47.3 Å². The third kappa shape index (κ3) is 3.23. The lowest BCUT2D eigenvalue weighted by Gasteiger charge is -2.30. The van der Waals surface area contributed by atoms with Crippen LogP contribution in [0.25, 0.3) is 5.69 Å². The van der Waals surface area contributed by atoms with Crippen LogP contribution in [0.4, 0.5) is 0 Å². The Morgan fingerprint density at radius 1 is 1.23 bits per heavy atom. The molecule has 0 saturated carbocycles. The van der Waals surface area contributed by atoms with Gasteiger partial charge in [0.15, 0.2) is 0 Å². The highest BCUT2D eigenvalue weighted by molar-refractivity contribution is 5.36. The number of aryl methyl sites for hydroxylation is 1. The van der Waals surface area contributed by atoms with Crippen molar-refractivity contribution in [1.29, 1.82) is 0 Å². The second-order valence-corrected chi connectivity index (χ2v) is 6.38. The summed E-state index contributed by atoms with van der Waals surface area (Å²) < 4.78 is 2.05. The fourth-order valence-electron chi connectivity index (χ4n) is 3.33. The molecule has 1 fully saturated rings. The Morgan fingerprint density at radius 2 is 2.00 bits per heavy atom. The van der Waals surface area contributed by atoms with Crippen molar-refractivity contribution >= 4 is 0 Å². The van der Waals surface area contributed by atoms with Gasteiger partial charge in [-0.2, -0.15) is 5.10 Å². The van der Waals surface area contributed by atoms with Crippen LogP contribution in [0, 0.1) is 13.8 Å². The zero-order valence-corrected chi connectivity index (χ0v) is 13.8. The van der Waals surface area contributed by atoms with Gasteiger partial charge in [-0.1, -0.05) is 18.2 Å². The number of hydrogen-bond donors (Lipinski definition) is 1. The van der Waals surface area contributed by atoms with Gasteiger partial charge in [-0.15, -0.1) is 0 Å². The number of rotatable bonds is 4. The lowest BCUT2D eigenvalue weighted by Crippen LogP contribution is -2.43. The first-order valence-electron chi connectivity index (χ1n) is 8.17. The van der Waals surface area contributed by atoms with E-state index in [9.17, 15) is 0 Å². The van der Waals surface area contributed by atoms with Gasteiger partial charge in [0.05, 0.1) is 11.4 Å². The predicted molar refractivity (Wildman–Crippen MR) is 90.4 cm³/mol. The second kappa shape index (κ2) is 6.63. The van der Waals surface area contributed by atoms with E-state index >= 15 is 0 Å². The number of benzene rings is 1. The van der Waals surface area contributed by atoms with E-state index in [-0.39, 0.29) is 0 Å². The van der Waals surface area contributed by atoms with Crippen LogP contribution in [-0.2, 0) is 6.54 Å². The van der Waals surface area contributed by atoms with Crippen molar-refractivity contribution in [2.24, 2.45) is 0 Å². The quantitative estimate of drug-likeness (QED) is 0.942. The number of aromatic nitrogens is 2. The van der Waals surface area contributed by atoms with E-state index in [0.717, 1.165) is 24.5 Å². The maximum Gasteiger partial charge on any atom is 0.0648 e. The third-order valence-electron chi connectivity index (χ3n) is 4.63. The summed E-state index contributed by atoms with van der Waals surface area (Å²) in [6, 6.07) is 11.0. The summed E-state index contributed by atoms with van der Waals surface area (Å²) in [5, 5.41) is 8.45. The summed E-state index contributed by atoms with van der Waals surface area (Å²) in [5.41, 5.74) is 4.82. The molecule has 1 saturated heterocycles. The molecule has 0 amide bonds. The number of likely N-dealkylation sites (N-methyl/N-ethyl adjacent to an activating group) is 1. The van der Waals surface area contributed by atoms with E-state index in [0.29, 0.717) is 6.04 Å². The Morgan fingerprint density at radius 3 is 2.73 bits per heavy atom. The zero-order valence-electron chi connectivity index (χ0n) is 13.8. The molecular formula is C18H26N4. The molecule has 118 valence electrons. The van der Waals surface area contributed by atoms with E-state index in [4.69, 9.17) is 5.10 Å². The number of nitrogens with one attached hydrogen (secondary N) is 1. The Bertz CT molecular complexity index is 618. The van der Waals surface area contributed by atoms with Crippen LogP contribution in [0.3, 0.4) is 0 Å². The van der Waals surface area contributed by atoms with Gasteiger partial charge in [0.1, 0.15) is 0 Å². The van der Waals surface area contributed by atoms with Crippen molar-refractivity contribution in [2.75, 3.05) is 20.1 Å². The number of piperidine rings is 1. The molecule has 22 heavy (non-hydrogen) atoms. The van der Waals surface area contributed by atoms with Crippen molar-refractivity contribution in [1.82, 2.24) is 20.0 Å². The fraction of sp³-hybridized carbons (Fsp3) is 0.500. The highest BCUT2D eigenvalue weighted by atomic mass is 15.3. The van der Waals surface area contributed by atoms with E-state index < -0.39 is 0 Å². The van der Waals surface area contributed by atoms with E-state index in [2.05, 4.69) is 60.1 Å². The Kier molecular flexibility index (Phi) is 4.60.